The molecule has 0 bridgehead atoms. The van der Waals surface area contributed by atoms with E-state index in [1.165, 1.54) is 12.1 Å². The molecule has 6 nitrogen and oxygen atoms in total. The number of pyridine rings is 1. The van der Waals surface area contributed by atoms with Gasteiger partial charge in [0, 0.05) is 30.2 Å². The average molecular weight is 375 g/mol. The minimum atomic E-state index is -0.287. The van der Waals surface area contributed by atoms with E-state index in [-0.39, 0.29) is 5.82 Å². The Morgan fingerprint density at radius 2 is 1.82 bits per heavy atom. The highest BCUT2D eigenvalue weighted by Crippen LogP contribution is 2.24. The van der Waals surface area contributed by atoms with Crippen molar-refractivity contribution in [1.82, 2.24) is 15.0 Å². The van der Waals surface area contributed by atoms with E-state index in [4.69, 9.17) is 4.74 Å². The fourth-order valence-electron chi connectivity index (χ4n) is 2.83. The van der Waals surface area contributed by atoms with Crippen LogP contribution in [-0.4, -0.2) is 22.1 Å². The number of nitrogens with zero attached hydrogens (tertiary/aromatic N) is 3. The molecule has 0 amide bonds. The van der Waals surface area contributed by atoms with Crippen molar-refractivity contribution in [3.63, 3.8) is 0 Å². The molecule has 0 aliphatic heterocycles. The molecule has 4 aromatic rings. The van der Waals surface area contributed by atoms with E-state index < -0.39 is 0 Å². The third-order valence-corrected chi connectivity index (χ3v) is 4.25. The van der Waals surface area contributed by atoms with Crippen LogP contribution < -0.4 is 15.4 Å². The van der Waals surface area contributed by atoms with Crippen LogP contribution in [0.25, 0.3) is 10.9 Å². The highest BCUT2D eigenvalue weighted by molar-refractivity contribution is 5.90. The SMILES string of the molecule is COc1ccccc1CNc1ncc2c(Nc3ccc(F)cc3)nccc2n1. The molecule has 0 saturated carbocycles. The molecular formula is C21H18FN5O. The van der Waals surface area contributed by atoms with Gasteiger partial charge in [-0.15, -0.1) is 0 Å². The number of hydrogen-bond donors (Lipinski definition) is 2. The lowest BCUT2D eigenvalue weighted by Crippen LogP contribution is -2.05. The lowest BCUT2D eigenvalue weighted by molar-refractivity contribution is 0.410. The van der Waals surface area contributed by atoms with Gasteiger partial charge in [-0.05, 0) is 36.4 Å². The van der Waals surface area contributed by atoms with Crippen molar-refractivity contribution < 1.29 is 9.13 Å². The van der Waals surface area contributed by atoms with Gasteiger partial charge in [-0.25, -0.2) is 19.3 Å². The molecule has 140 valence electrons. The molecule has 0 radical (unpaired) electrons. The molecule has 0 aliphatic rings. The van der Waals surface area contributed by atoms with Gasteiger partial charge in [0.2, 0.25) is 5.95 Å². The Balaban J connectivity index is 1.55. The Hall–Kier alpha value is -3.74. The number of methoxy groups -OCH3 is 1. The Bertz CT molecular complexity index is 1100. The summed E-state index contributed by atoms with van der Waals surface area (Å²) in [5.74, 6) is 1.65. The molecule has 0 fully saturated rings. The molecule has 4 rings (SSSR count). The zero-order chi connectivity index (χ0) is 19.3. The van der Waals surface area contributed by atoms with Gasteiger partial charge < -0.3 is 15.4 Å². The highest BCUT2D eigenvalue weighted by atomic mass is 19.1. The van der Waals surface area contributed by atoms with Gasteiger partial charge in [-0.3, -0.25) is 0 Å². The average Bonchev–Trinajstić information content (AvgIpc) is 2.74. The summed E-state index contributed by atoms with van der Waals surface area (Å²) >= 11 is 0. The monoisotopic (exact) mass is 375 g/mol. The van der Waals surface area contributed by atoms with Crippen LogP contribution in [0.5, 0.6) is 5.75 Å². The molecule has 0 spiro atoms. The number of fused-ring (bicyclic) bond motifs is 1. The summed E-state index contributed by atoms with van der Waals surface area (Å²) in [6.07, 6.45) is 3.39. The molecule has 0 atom stereocenters. The summed E-state index contributed by atoms with van der Waals surface area (Å²) in [6.45, 7) is 0.543. The number of nitrogens with one attached hydrogen (secondary N) is 2. The van der Waals surface area contributed by atoms with Crippen LogP contribution in [0.1, 0.15) is 5.56 Å². The predicted molar refractivity (Wildman–Crippen MR) is 107 cm³/mol. The first-order chi connectivity index (χ1) is 13.7. The first kappa shape index (κ1) is 17.7. The summed E-state index contributed by atoms with van der Waals surface area (Å²) in [5.41, 5.74) is 2.50. The fraction of sp³-hybridized carbons (Fsp3) is 0.0952. The Morgan fingerprint density at radius 3 is 2.64 bits per heavy atom. The summed E-state index contributed by atoms with van der Waals surface area (Å²) in [4.78, 5) is 13.3. The molecule has 2 aromatic carbocycles. The number of benzene rings is 2. The van der Waals surface area contributed by atoms with E-state index in [0.717, 1.165) is 27.9 Å². The second-order valence-corrected chi connectivity index (χ2v) is 6.08. The Morgan fingerprint density at radius 1 is 1.00 bits per heavy atom. The number of anilines is 3. The van der Waals surface area contributed by atoms with Crippen LogP contribution in [0.15, 0.2) is 67.0 Å². The molecule has 2 heterocycles. The first-order valence-corrected chi connectivity index (χ1v) is 8.73. The smallest absolute Gasteiger partial charge is 0.223 e. The van der Waals surface area contributed by atoms with Crippen LogP contribution in [0.2, 0.25) is 0 Å². The van der Waals surface area contributed by atoms with Crippen molar-refractivity contribution in [2.45, 2.75) is 6.54 Å². The normalized spacial score (nSPS) is 10.6. The van der Waals surface area contributed by atoms with E-state index in [9.17, 15) is 4.39 Å². The van der Waals surface area contributed by atoms with Crippen molar-refractivity contribution in [2.75, 3.05) is 17.7 Å². The van der Waals surface area contributed by atoms with Crippen LogP contribution in [0.3, 0.4) is 0 Å². The van der Waals surface area contributed by atoms with Crippen LogP contribution in [0, 0.1) is 5.82 Å². The topological polar surface area (TPSA) is 72.0 Å². The van der Waals surface area contributed by atoms with Gasteiger partial charge in [-0.1, -0.05) is 18.2 Å². The third-order valence-electron chi connectivity index (χ3n) is 4.25. The van der Waals surface area contributed by atoms with Gasteiger partial charge in [0.15, 0.2) is 0 Å². The molecule has 2 aromatic heterocycles. The second kappa shape index (κ2) is 7.87. The maximum Gasteiger partial charge on any atom is 0.223 e. The van der Waals surface area contributed by atoms with Crippen LogP contribution >= 0.6 is 0 Å². The van der Waals surface area contributed by atoms with Gasteiger partial charge in [0.1, 0.15) is 17.4 Å². The third kappa shape index (κ3) is 3.83. The van der Waals surface area contributed by atoms with Gasteiger partial charge >= 0.3 is 0 Å². The Kier molecular flexibility index (Phi) is 4.97. The molecule has 0 aliphatic carbocycles. The van der Waals surface area contributed by atoms with Crippen molar-refractivity contribution in [1.29, 1.82) is 0 Å². The van der Waals surface area contributed by atoms with Crippen molar-refractivity contribution in [3.8, 4) is 5.75 Å². The summed E-state index contributed by atoms with van der Waals surface area (Å²) < 4.78 is 18.5. The minimum Gasteiger partial charge on any atom is -0.496 e. The number of hydrogen-bond acceptors (Lipinski definition) is 6. The van der Waals surface area contributed by atoms with Gasteiger partial charge in [0.05, 0.1) is 18.0 Å². The summed E-state index contributed by atoms with van der Waals surface area (Å²) in [7, 11) is 1.65. The zero-order valence-corrected chi connectivity index (χ0v) is 15.2. The number of ether oxygens (including phenoxy) is 1. The number of halogens is 1. The number of aromatic nitrogens is 3. The van der Waals surface area contributed by atoms with Gasteiger partial charge in [0.25, 0.3) is 0 Å². The lowest BCUT2D eigenvalue weighted by atomic mass is 10.2. The van der Waals surface area contributed by atoms with Crippen molar-refractivity contribution in [3.05, 3.63) is 78.4 Å². The lowest BCUT2D eigenvalue weighted by Gasteiger charge is -2.11. The molecule has 28 heavy (non-hydrogen) atoms. The molecule has 2 N–H and O–H groups in total. The minimum absolute atomic E-state index is 0.287. The number of rotatable bonds is 6. The van der Waals surface area contributed by atoms with E-state index in [2.05, 4.69) is 25.6 Å². The molecular weight excluding hydrogens is 357 g/mol. The fourth-order valence-corrected chi connectivity index (χ4v) is 2.83. The highest BCUT2D eigenvalue weighted by Gasteiger charge is 2.08. The van der Waals surface area contributed by atoms with E-state index in [1.54, 1.807) is 31.6 Å². The van der Waals surface area contributed by atoms with Crippen LogP contribution in [0.4, 0.5) is 21.8 Å². The van der Waals surface area contributed by atoms with Crippen molar-refractivity contribution in [2.24, 2.45) is 0 Å². The predicted octanol–water partition coefficient (Wildman–Crippen LogP) is 4.53. The maximum absolute atomic E-state index is 13.1. The van der Waals surface area contributed by atoms with E-state index in [1.807, 2.05) is 30.3 Å². The molecule has 7 heteroatoms. The summed E-state index contributed by atoms with van der Waals surface area (Å²) in [6, 6.07) is 15.7. The van der Waals surface area contributed by atoms with E-state index in [0.29, 0.717) is 18.3 Å². The molecule has 0 saturated heterocycles. The maximum atomic E-state index is 13.1. The largest absolute Gasteiger partial charge is 0.496 e. The van der Waals surface area contributed by atoms with E-state index >= 15 is 0 Å². The molecule has 0 unspecified atom stereocenters. The van der Waals surface area contributed by atoms with Crippen molar-refractivity contribution >= 4 is 28.4 Å². The summed E-state index contributed by atoms with van der Waals surface area (Å²) in [5, 5.41) is 7.16. The second-order valence-electron chi connectivity index (χ2n) is 6.08. The first-order valence-electron chi connectivity index (χ1n) is 8.73. The Labute approximate surface area is 161 Å². The van der Waals surface area contributed by atoms with Crippen LogP contribution in [-0.2, 0) is 6.54 Å². The quantitative estimate of drug-likeness (QED) is 0.516. The zero-order valence-electron chi connectivity index (χ0n) is 15.2. The standard InChI is InChI=1S/C21H18FN5O/c1-28-19-5-3-2-4-14(19)12-24-21-25-13-17-18(27-21)10-11-23-20(17)26-16-8-6-15(22)7-9-16/h2-11,13H,12H2,1H3,(H,23,26)(H,24,25,27). The van der Waals surface area contributed by atoms with Gasteiger partial charge in [-0.2, -0.15) is 0 Å². The number of para-hydroxylation sites is 1.